The molecule has 0 bridgehead atoms. The van der Waals surface area contributed by atoms with Crippen LogP contribution in [0.15, 0.2) is 0 Å². The van der Waals surface area contributed by atoms with Crippen molar-refractivity contribution in [2.24, 2.45) is 0 Å². The van der Waals surface area contributed by atoms with Gasteiger partial charge in [-0.25, -0.2) is 0 Å². The van der Waals surface area contributed by atoms with Crippen molar-refractivity contribution < 1.29 is 37.5 Å². The molecule has 2 atom stereocenters. The average Bonchev–Trinajstić information content (AvgIpc) is 3.08. The van der Waals surface area contributed by atoms with Gasteiger partial charge < -0.3 is 30.0 Å². The molecule has 0 heterocycles. The number of carbonyl (C=O) groups excluding carboxylic acids is 3. The first-order valence-corrected chi connectivity index (χ1v) is 22.6. The summed E-state index contributed by atoms with van der Waals surface area (Å²) in [5.41, 5.74) is 0. The highest BCUT2D eigenvalue weighted by Gasteiger charge is 2.24. The van der Waals surface area contributed by atoms with E-state index in [-0.39, 0.29) is 56.8 Å². The van der Waals surface area contributed by atoms with E-state index >= 15 is 0 Å². The largest absolute Gasteiger partial charge is 0.462 e. The van der Waals surface area contributed by atoms with E-state index in [1.807, 2.05) is 0 Å². The van der Waals surface area contributed by atoms with Crippen LogP contribution < -0.4 is 11.5 Å². The van der Waals surface area contributed by atoms with Gasteiger partial charge in [-0.05, 0) is 12.8 Å². The summed E-state index contributed by atoms with van der Waals surface area (Å²) in [6.45, 7) is 7.06. The van der Waals surface area contributed by atoms with Crippen LogP contribution in [0.2, 0.25) is 0 Å². The van der Waals surface area contributed by atoms with Gasteiger partial charge in [0.1, 0.15) is 6.61 Å². The van der Waals surface area contributed by atoms with E-state index in [4.69, 9.17) is 18.5 Å². The lowest BCUT2D eigenvalue weighted by Gasteiger charge is -2.21. The fraction of sp³-hybridized carbons (Fsp3) is 0.925. The lowest BCUT2D eigenvalue weighted by atomic mass is 10.0. The van der Waals surface area contributed by atoms with Crippen molar-refractivity contribution in [1.82, 2.24) is 11.5 Å². The zero-order valence-electron chi connectivity index (χ0n) is 33.9. The molecular weight excluding hydrogens is 667 g/mol. The van der Waals surface area contributed by atoms with Gasteiger partial charge in [-0.2, -0.15) is 0 Å². The third-order valence-corrected chi connectivity index (χ3v) is 10.3. The Kier molecular flexibility index (Phi) is 38.7. The molecule has 304 valence electrons. The van der Waals surface area contributed by atoms with Crippen LogP contribution in [0, 0.1) is 0 Å². The van der Waals surface area contributed by atoms with E-state index in [0.29, 0.717) is 6.42 Å². The number of unbranched alkanes of at least 4 members (excludes halogenated alkanes) is 24. The fourth-order valence-corrected chi connectivity index (χ4v) is 6.82. The van der Waals surface area contributed by atoms with Gasteiger partial charge in [-0.3, -0.25) is 18.9 Å². The molecule has 10 nitrogen and oxygen atoms in total. The SMILES string of the molecule is CCCCCCCCCCCCCCCC(=O)OC[C@H](COP(C)(=O)OCCNC(C)=O)OC(=O)CCCCCCCCCCCCCCC.[NH4+]. The van der Waals surface area contributed by atoms with E-state index in [9.17, 15) is 18.9 Å². The molecule has 51 heavy (non-hydrogen) atoms. The predicted octanol–water partition coefficient (Wildman–Crippen LogP) is 11.8. The van der Waals surface area contributed by atoms with E-state index < -0.39 is 13.7 Å². The van der Waals surface area contributed by atoms with Gasteiger partial charge in [0.15, 0.2) is 6.10 Å². The standard InChI is InChI=1S/C40H78NO8P.H3N/c1-5-7-9-11-13-15-17-19-21-23-25-27-29-31-39(43)46-35-38(36-48-50(4,45)47-34-33-41-37(3)42)49-40(44)32-30-28-26-24-22-20-18-16-14-12-10-8-6-2;/h38H,5-36H2,1-4H3,(H,41,42);1H3/p+1/t38-,50?;/m1./s1. The minimum absolute atomic E-state index is 0. The molecule has 0 aromatic heterocycles. The number of esters is 2. The van der Waals surface area contributed by atoms with Crippen molar-refractivity contribution in [3.8, 4) is 0 Å². The highest BCUT2D eigenvalue weighted by molar-refractivity contribution is 7.52. The van der Waals surface area contributed by atoms with E-state index in [2.05, 4.69) is 19.2 Å². The maximum Gasteiger partial charge on any atom is 0.327 e. The first kappa shape index (κ1) is 51.6. The Morgan fingerprint density at radius 1 is 0.549 bits per heavy atom. The number of amides is 1. The summed E-state index contributed by atoms with van der Waals surface area (Å²) in [6, 6.07) is 0. The molecule has 0 aromatic rings. The van der Waals surface area contributed by atoms with Crippen molar-refractivity contribution in [2.45, 2.75) is 207 Å². The highest BCUT2D eigenvalue weighted by atomic mass is 31.2. The molecule has 0 aliphatic rings. The first-order chi connectivity index (χ1) is 24.2. The Bertz CT molecular complexity index is 860. The van der Waals surface area contributed by atoms with Crippen molar-refractivity contribution in [2.75, 3.05) is 33.0 Å². The Morgan fingerprint density at radius 2 is 0.922 bits per heavy atom. The van der Waals surface area contributed by atoms with Gasteiger partial charge in [0.05, 0.1) is 13.2 Å². The van der Waals surface area contributed by atoms with Crippen LogP contribution in [0.25, 0.3) is 0 Å². The molecule has 1 amide bonds. The summed E-state index contributed by atoms with van der Waals surface area (Å²) in [6.07, 6.45) is 31.7. The fourth-order valence-electron chi connectivity index (χ4n) is 5.89. The zero-order valence-corrected chi connectivity index (χ0v) is 34.8. The topological polar surface area (TPSA) is 154 Å². The Labute approximate surface area is 313 Å². The number of quaternary nitrogens is 1. The number of nitrogens with one attached hydrogen (secondary N) is 1. The van der Waals surface area contributed by atoms with E-state index in [1.165, 1.54) is 142 Å². The number of rotatable bonds is 38. The second-order valence-corrected chi connectivity index (χ2v) is 16.2. The summed E-state index contributed by atoms with van der Waals surface area (Å²) in [4.78, 5) is 36.2. The van der Waals surface area contributed by atoms with Gasteiger partial charge in [-0.1, -0.05) is 168 Å². The van der Waals surface area contributed by atoms with Crippen LogP contribution in [0.3, 0.4) is 0 Å². The second kappa shape index (κ2) is 38.3. The maximum atomic E-state index is 12.7. The van der Waals surface area contributed by atoms with Gasteiger partial charge in [0, 0.05) is 33.0 Å². The minimum atomic E-state index is -3.48. The summed E-state index contributed by atoms with van der Waals surface area (Å²) >= 11 is 0. The lowest BCUT2D eigenvalue weighted by Crippen LogP contribution is -2.29. The molecule has 0 saturated heterocycles. The van der Waals surface area contributed by atoms with E-state index in [1.54, 1.807) is 0 Å². The molecule has 0 rings (SSSR count). The monoisotopic (exact) mass is 750 g/mol. The van der Waals surface area contributed by atoms with Crippen LogP contribution in [0.4, 0.5) is 0 Å². The third kappa shape index (κ3) is 39.6. The Balaban J connectivity index is 0. The molecule has 0 fully saturated rings. The molecule has 1 unspecified atom stereocenters. The lowest BCUT2D eigenvalue weighted by molar-refractivity contribution is -0.161. The van der Waals surface area contributed by atoms with Crippen molar-refractivity contribution >= 4 is 25.4 Å². The summed E-state index contributed by atoms with van der Waals surface area (Å²) in [5, 5.41) is 2.57. The van der Waals surface area contributed by atoms with Crippen molar-refractivity contribution in [3.05, 3.63) is 0 Å². The molecule has 0 aromatic carbocycles. The Hall–Kier alpha value is -1.48. The maximum absolute atomic E-state index is 12.7. The molecule has 0 aliphatic heterocycles. The molecule has 11 heteroatoms. The normalized spacial score (nSPS) is 12.9. The summed E-state index contributed by atoms with van der Waals surface area (Å²) in [5.74, 6) is -0.930. The zero-order chi connectivity index (χ0) is 37.0. The third-order valence-electron chi connectivity index (χ3n) is 8.99. The van der Waals surface area contributed by atoms with Crippen LogP contribution in [-0.2, 0) is 37.5 Å². The molecule has 0 radical (unpaired) electrons. The van der Waals surface area contributed by atoms with E-state index in [0.717, 1.165) is 38.5 Å². The number of ether oxygens (including phenoxy) is 2. The quantitative estimate of drug-likeness (QED) is 0.0359. The van der Waals surface area contributed by atoms with Gasteiger partial charge in [0.25, 0.3) is 0 Å². The van der Waals surface area contributed by atoms with Crippen LogP contribution >= 0.6 is 7.60 Å². The van der Waals surface area contributed by atoms with Crippen molar-refractivity contribution in [3.63, 3.8) is 0 Å². The summed E-state index contributed by atoms with van der Waals surface area (Å²) < 4.78 is 34.6. The molecule has 5 N–H and O–H groups in total. The highest BCUT2D eigenvalue weighted by Crippen LogP contribution is 2.43. The van der Waals surface area contributed by atoms with Gasteiger partial charge in [-0.15, -0.1) is 0 Å². The summed E-state index contributed by atoms with van der Waals surface area (Å²) in [7, 11) is -3.48. The molecular formula is C40H82N2O8P+. The average molecular weight is 750 g/mol. The number of carbonyl (C=O) groups is 3. The second-order valence-electron chi connectivity index (χ2n) is 14.2. The van der Waals surface area contributed by atoms with Crippen LogP contribution in [0.1, 0.15) is 201 Å². The number of hydrogen-bond acceptors (Lipinski definition) is 8. The smallest absolute Gasteiger partial charge is 0.327 e. The first-order valence-electron chi connectivity index (χ1n) is 20.7. The number of hydrogen-bond donors (Lipinski definition) is 2. The van der Waals surface area contributed by atoms with Gasteiger partial charge in [0.2, 0.25) is 5.91 Å². The molecule has 0 aliphatic carbocycles. The van der Waals surface area contributed by atoms with Crippen molar-refractivity contribution in [1.29, 1.82) is 0 Å². The molecule has 0 saturated carbocycles. The minimum Gasteiger partial charge on any atom is -0.462 e. The van der Waals surface area contributed by atoms with Crippen LogP contribution in [0.5, 0.6) is 0 Å². The van der Waals surface area contributed by atoms with Crippen LogP contribution in [-0.4, -0.2) is 57.0 Å². The predicted molar refractivity (Wildman–Crippen MR) is 212 cm³/mol. The van der Waals surface area contributed by atoms with Gasteiger partial charge >= 0.3 is 19.5 Å². The Morgan fingerprint density at radius 3 is 1.31 bits per heavy atom. The molecule has 0 spiro atoms.